The van der Waals surface area contributed by atoms with Crippen LogP contribution in [0.15, 0.2) is 0 Å². The lowest BCUT2D eigenvalue weighted by Crippen LogP contribution is -2.55. The topological polar surface area (TPSA) is 49.6 Å². The van der Waals surface area contributed by atoms with E-state index in [1.807, 2.05) is 4.90 Å². The molecule has 16 heavy (non-hydrogen) atoms. The fraction of sp³-hybridized carbons (Fsp3) is 0.917. The molecule has 0 spiro atoms. The molecule has 0 aromatic heterocycles. The van der Waals surface area contributed by atoms with Crippen molar-refractivity contribution in [3.8, 4) is 0 Å². The smallest absolute Gasteiger partial charge is 0.239 e. The largest absolute Gasteiger partial charge is 0.338 e. The van der Waals surface area contributed by atoms with E-state index in [2.05, 4.69) is 11.8 Å². The van der Waals surface area contributed by atoms with E-state index in [1.54, 1.807) is 0 Å². The van der Waals surface area contributed by atoms with Crippen LogP contribution in [0.1, 0.15) is 32.6 Å². The number of hydrogen-bond acceptors (Lipinski definition) is 3. The normalized spacial score (nSPS) is 27.9. The van der Waals surface area contributed by atoms with Gasteiger partial charge in [-0.15, -0.1) is 0 Å². The third kappa shape index (κ3) is 2.38. The van der Waals surface area contributed by atoms with E-state index in [4.69, 9.17) is 5.73 Å². The Morgan fingerprint density at radius 2 is 2.25 bits per heavy atom. The SMILES string of the molecule is CCC[C@@H](N)C(=O)N1CCN2CCCC2C1. The summed E-state index contributed by atoms with van der Waals surface area (Å²) < 4.78 is 0. The van der Waals surface area contributed by atoms with Crippen LogP contribution in [0, 0.1) is 0 Å². The number of carbonyl (C=O) groups excluding carboxylic acids is 1. The van der Waals surface area contributed by atoms with Crippen LogP contribution in [0.25, 0.3) is 0 Å². The van der Waals surface area contributed by atoms with Crippen LogP contribution in [-0.2, 0) is 4.79 Å². The molecule has 2 rings (SSSR count). The second-order valence-corrected chi connectivity index (χ2v) is 5.01. The average molecular weight is 225 g/mol. The number of carbonyl (C=O) groups is 1. The van der Waals surface area contributed by atoms with Crippen LogP contribution < -0.4 is 5.73 Å². The molecular weight excluding hydrogens is 202 g/mol. The van der Waals surface area contributed by atoms with Gasteiger partial charge in [0.15, 0.2) is 0 Å². The summed E-state index contributed by atoms with van der Waals surface area (Å²) in [6, 6.07) is 0.324. The lowest BCUT2D eigenvalue weighted by atomic mass is 10.1. The van der Waals surface area contributed by atoms with Crippen LogP contribution in [-0.4, -0.2) is 54.0 Å². The maximum Gasteiger partial charge on any atom is 0.239 e. The van der Waals surface area contributed by atoms with Crippen LogP contribution in [0.4, 0.5) is 0 Å². The highest BCUT2D eigenvalue weighted by Crippen LogP contribution is 2.21. The van der Waals surface area contributed by atoms with E-state index >= 15 is 0 Å². The molecule has 2 atom stereocenters. The standard InChI is InChI=1S/C12H23N3O/c1-2-4-11(13)12(16)15-8-7-14-6-3-5-10(14)9-15/h10-11H,2-9,13H2,1H3/t10?,11-/m1/s1. The van der Waals surface area contributed by atoms with Crippen molar-refractivity contribution in [2.75, 3.05) is 26.2 Å². The van der Waals surface area contributed by atoms with Crippen molar-refractivity contribution in [1.29, 1.82) is 0 Å². The Morgan fingerprint density at radius 3 is 3.00 bits per heavy atom. The summed E-state index contributed by atoms with van der Waals surface area (Å²) in [7, 11) is 0. The van der Waals surface area contributed by atoms with Crippen molar-refractivity contribution in [1.82, 2.24) is 9.80 Å². The molecule has 0 aromatic rings. The third-order valence-electron chi connectivity index (χ3n) is 3.82. The Balaban J connectivity index is 1.88. The third-order valence-corrected chi connectivity index (χ3v) is 3.82. The van der Waals surface area contributed by atoms with Crippen LogP contribution in [0.2, 0.25) is 0 Å². The minimum atomic E-state index is -0.280. The van der Waals surface area contributed by atoms with Gasteiger partial charge in [0, 0.05) is 25.7 Å². The lowest BCUT2D eigenvalue weighted by molar-refractivity contribution is -0.135. The summed E-state index contributed by atoms with van der Waals surface area (Å²) in [6.45, 7) is 6.09. The number of amides is 1. The molecule has 4 nitrogen and oxygen atoms in total. The summed E-state index contributed by atoms with van der Waals surface area (Å²) in [5.41, 5.74) is 5.89. The summed E-state index contributed by atoms with van der Waals surface area (Å²) in [6.07, 6.45) is 4.32. The first-order chi connectivity index (χ1) is 7.72. The monoisotopic (exact) mass is 225 g/mol. The van der Waals surface area contributed by atoms with Gasteiger partial charge in [-0.3, -0.25) is 9.69 Å². The first kappa shape index (κ1) is 11.9. The van der Waals surface area contributed by atoms with Gasteiger partial charge in [-0.25, -0.2) is 0 Å². The first-order valence-corrected chi connectivity index (χ1v) is 6.50. The van der Waals surface area contributed by atoms with Crippen molar-refractivity contribution in [3.63, 3.8) is 0 Å². The van der Waals surface area contributed by atoms with E-state index in [1.165, 1.54) is 19.4 Å². The highest BCUT2D eigenvalue weighted by molar-refractivity contribution is 5.81. The second kappa shape index (κ2) is 5.15. The Kier molecular flexibility index (Phi) is 3.82. The zero-order chi connectivity index (χ0) is 11.5. The predicted octanol–water partition coefficient (Wildman–Crippen LogP) is 0.420. The highest BCUT2D eigenvalue weighted by atomic mass is 16.2. The van der Waals surface area contributed by atoms with Crippen molar-refractivity contribution in [3.05, 3.63) is 0 Å². The van der Waals surface area contributed by atoms with Gasteiger partial charge < -0.3 is 10.6 Å². The Labute approximate surface area is 97.8 Å². The van der Waals surface area contributed by atoms with Crippen LogP contribution >= 0.6 is 0 Å². The van der Waals surface area contributed by atoms with Crippen molar-refractivity contribution in [2.24, 2.45) is 5.73 Å². The molecular formula is C12H23N3O. The van der Waals surface area contributed by atoms with E-state index in [9.17, 15) is 4.79 Å². The number of fused-ring (bicyclic) bond motifs is 1. The van der Waals surface area contributed by atoms with Crippen LogP contribution in [0.3, 0.4) is 0 Å². The molecule has 2 fully saturated rings. The first-order valence-electron chi connectivity index (χ1n) is 6.50. The van der Waals surface area contributed by atoms with Gasteiger partial charge >= 0.3 is 0 Å². The Bertz CT molecular complexity index is 257. The van der Waals surface area contributed by atoms with Gasteiger partial charge in [0.1, 0.15) is 0 Å². The van der Waals surface area contributed by atoms with Gasteiger partial charge in [-0.2, -0.15) is 0 Å². The Morgan fingerprint density at radius 1 is 1.44 bits per heavy atom. The van der Waals surface area contributed by atoms with E-state index in [0.29, 0.717) is 6.04 Å². The number of nitrogens with two attached hydrogens (primary N) is 1. The van der Waals surface area contributed by atoms with Gasteiger partial charge in [-0.05, 0) is 25.8 Å². The van der Waals surface area contributed by atoms with Crippen molar-refractivity contribution in [2.45, 2.75) is 44.7 Å². The summed E-state index contributed by atoms with van der Waals surface area (Å²) in [5, 5.41) is 0. The van der Waals surface area contributed by atoms with Gasteiger partial charge in [-0.1, -0.05) is 13.3 Å². The molecule has 1 amide bonds. The zero-order valence-corrected chi connectivity index (χ0v) is 10.2. The molecule has 0 radical (unpaired) electrons. The molecule has 0 bridgehead atoms. The Hall–Kier alpha value is -0.610. The molecule has 0 aliphatic carbocycles. The fourth-order valence-corrected chi connectivity index (χ4v) is 2.86. The molecule has 2 heterocycles. The number of rotatable bonds is 3. The van der Waals surface area contributed by atoms with Gasteiger partial charge in [0.2, 0.25) is 5.91 Å². The fourth-order valence-electron chi connectivity index (χ4n) is 2.86. The van der Waals surface area contributed by atoms with Gasteiger partial charge in [0.25, 0.3) is 0 Å². The minimum absolute atomic E-state index is 0.161. The highest BCUT2D eigenvalue weighted by Gasteiger charge is 2.33. The summed E-state index contributed by atoms with van der Waals surface area (Å²) in [4.78, 5) is 16.5. The van der Waals surface area contributed by atoms with Crippen molar-refractivity contribution >= 4 is 5.91 Å². The maximum absolute atomic E-state index is 12.1. The van der Waals surface area contributed by atoms with Gasteiger partial charge in [0.05, 0.1) is 6.04 Å². The molecule has 2 N–H and O–H groups in total. The summed E-state index contributed by atoms with van der Waals surface area (Å²) >= 11 is 0. The molecule has 0 saturated carbocycles. The van der Waals surface area contributed by atoms with Crippen molar-refractivity contribution < 1.29 is 4.79 Å². The molecule has 4 heteroatoms. The second-order valence-electron chi connectivity index (χ2n) is 5.01. The van der Waals surface area contributed by atoms with E-state index in [-0.39, 0.29) is 11.9 Å². The molecule has 2 aliphatic rings. The summed E-state index contributed by atoms with van der Waals surface area (Å²) in [5.74, 6) is 0.161. The molecule has 1 unspecified atom stereocenters. The van der Waals surface area contributed by atoms with Crippen LogP contribution in [0.5, 0.6) is 0 Å². The zero-order valence-electron chi connectivity index (χ0n) is 10.2. The molecule has 0 aromatic carbocycles. The number of nitrogens with zero attached hydrogens (tertiary/aromatic N) is 2. The lowest BCUT2D eigenvalue weighted by Gasteiger charge is -2.38. The molecule has 92 valence electrons. The maximum atomic E-state index is 12.1. The number of piperazine rings is 1. The average Bonchev–Trinajstić information content (AvgIpc) is 2.75. The molecule has 2 aliphatic heterocycles. The van der Waals surface area contributed by atoms with E-state index in [0.717, 1.165) is 32.5 Å². The van der Waals surface area contributed by atoms with E-state index < -0.39 is 0 Å². The minimum Gasteiger partial charge on any atom is -0.338 e. The predicted molar refractivity (Wildman–Crippen MR) is 64.1 cm³/mol. The molecule has 2 saturated heterocycles. The quantitative estimate of drug-likeness (QED) is 0.757. The number of hydrogen-bond donors (Lipinski definition) is 1.